The first kappa shape index (κ1) is 30.6. The molecule has 9 N–H and O–H groups in total. The lowest BCUT2D eigenvalue weighted by Gasteiger charge is -2.22. The number of nitrogens with zero attached hydrogens (tertiary/aromatic N) is 1. The van der Waals surface area contributed by atoms with Crippen LogP contribution in [0.2, 0.25) is 0 Å². The number of benzene rings is 1. The molecule has 3 aromatic rings. The third-order valence-corrected chi connectivity index (χ3v) is 7.72. The number of hydrogen-bond acceptors (Lipinski definition) is 11. The standard InChI is InChI=1S/C27H33N5O11/c33-11-18-23(38)21(36)16(42-18)8-20(35)30-15(7-12-9-28-14-4-2-1-3-13(12)14)25(40)29-10-17-22(37)24(39)26(43-17)32-6-5-19(34)31-27(32)41/h1-6,9,15-18,21-24,26,28,33,36-39H,7-8,10-11H2,(H,29,40)(H,30,35)(H,31,34,41)/t15-,16-,17+,18-,21-,22+,23-,24+,26+/m0/s1. The normalized spacial score (nSPS) is 29.5. The summed E-state index contributed by atoms with van der Waals surface area (Å²) in [6.45, 7) is -0.857. The van der Waals surface area contributed by atoms with Gasteiger partial charge in [0, 0.05) is 42.3 Å². The number of carbonyl (C=O) groups excluding carboxylic acids is 2. The molecule has 9 atom stereocenters. The van der Waals surface area contributed by atoms with E-state index in [0.717, 1.165) is 27.7 Å². The van der Waals surface area contributed by atoms with Crippen molar-refractivity contribution >= 4 is 22.7 Å². The van der Waals surface area contributed by atoms with Crippen LogP contribution in [0.25, 0.3) is 10.9 Å². The number of fused-ring (bicyclic) bond motifs is 1. The predicted octanol–water partition coefficient (Wildman–Crippen LogP) is -3.65. The van der Waals surface area contributed by atoms with Gasteiger partial charge in [-0.1, -0.05) is 18.2 Å². The Morgan fingerprint density at radius 2 is 1.67 bits per heavy atom. The minimum atomic E-state index is -1.55. The number of aromatic amines is 2. The minimum Gasteiger partial charge on any atom is -0.394 e. The van der Waals surface area contributed by atoms with E-state index < -0.39 is 91.1 Å². The highest BCUT2D eigenvalue weighted by Crippen LogP contribution is 2.28. The van der Waals surface area contributed by atoms with Crippen molar-refractivity contribution in [2.45, 2.75) is 67.8 Å². The monoisotopic (exact) mass is 603 g/mol. The number of amides is 2. The molecule has 2 saturated heterocycles. The number of aliphatic hydroxyl groups excluding tert-OH is 5. The van der Waals surface area contributed by atoms with Gasteiger partial charge in [0.05, 0.1) is 19.1 Å². The molecular formula is C27H33N5O11. The van der Waals surface area contributed by atoms with Crippen LogP contribution in [0.15, 0.2) is 52.3 Å². The van der Waals surface area contributed by atoms with E-state index >= 15 is 0 Å². The Labute approximate surface area is 242 Å². The summed E-state index contributed by atoms with van der Waals surface area (Å²) >= 11 is 0. The van der Waals surface area contributed by atoms with Gasteiger partial charge in [0.25, 0.3) is 5.56 Å². The van der Waals surface area contributed by atoms with Gasteiger partial charge in [0.15, 0.2) is 6.23 Å². The summed E-state index contributed by atoms with van der Waals surface area (Å²) in [4.78, 5) is 55.1. The topological polar surface area (TPSA) is 248 Å². The van der Waals surface area contributed by atoms with Crippen molar-refractivity contribution in [2.24, 2.45) is 0 Å². The van der Waals surface area contributed by atoms with Crippen LogP contribution in [0.4, 0.5) is 0 Å². The Hall–Kier alpha value is -3.90. The van der Waals surface area contributed by atoms with Crippen LogP contribution in [-0.4, -0.2) is 114 Å². The molecule has 2 amide bonds. The molecule has 2 aliphatic heterocycles. The lowest BCUT2D eigenvalue weighted by atomic mass is 10.0. The molecule has 2 aromatic heterocycles. The molecule has 0 radical (unpaired) electrons. The number of hydrogen-bond donors (Lipinski definition) is 9. The first-order chi connectivity index (χ1) is 20.6. The number of H-pyrrole nitrogens is 2. The van der Waals surface area contributed by atoms with E-state index in [9.17, 15) is 44.7 Å². The quantitative estimate of drug-likeness (QED) is 0.109. The van der Waals surface area contributed by atoms with Gasteiger partial charge in [-0.2, -0.15) is 0 Å². The maximum atomic E-state index is 13.4. The van der Waals surface area contributed by atoms with Crippen molar-refractivity contribution in [1.82, 2.24) is 25.2 Å². The summed E-state index contributed by atoms with van der Waals surface area (Å²) in [6, 6.07) is 7.26. The van der Waals surface area contributed by atoms with Crippen molar-refractivity contribution in [2.75, 3.05) is 13.2 Å². The molecule has 1 aromatic carbocycles. The van der Waals surface area contributed by atoms with E-state index in [1.54, 1.807) is 6.20 Å². The van der Waals surface area contributed by atoms with Crippen molar-refractivity contribution in [3.05, 3.63) is 69.1 Å². The molecule has 43 heavy (non-hydrogen) atoms. The third kappa shape index (κ3) is 6.40. The molecular weight excluding hydrogens is 570 g/mol. The fourth-order valence-corrected chi connectivity index (χ4v) is 5.39. The Bertz CT molecular complexity index is 1570. The van der Waals surface area contributed by atoms with Gasteiger partial charge in [0.1, 0.15) is 42.7 Å². The second kappa shape index (κ2) is 12.8. The van der Waals surface area contributed by atoms with E-state index in [2.05, 4.69) is 15.6 Å². The Balaban J connectivity index is 1.28. The number of para-hydroxylation sites is 1. The second-order valence-electron chi connectivity index (χ2n) is 10.6. The highest BCUT2D eigenvalue weighted by Gasteiger charge is 2.45. The molecule has 16 heteroatoms. The lowest BCUT2D eigenvalue weighted by Crippen LogP contribution is -2.51. The molecule has 0 aliphatic carbocycles. The Kier molecular flexibility index (Phi) is 9.07. The zero-order chi connectivity index (χ0) is 30.8. The van der Waals surface area contributed by atoms with Crippen molar-refractivity contribution < 1.29 is 44.6 Å². The number of rotatable bonds is 10. The summed E-state index contributed by atoms with van der Waals surface area (Å²) in [6.07, 6.45) is -8.04. The van der Waals surface area contributed by atoms with Gasteiger partial charge < -0.3 is 50.6 Å². The second-order valence-corrected chi connectivity index (χ2v) is 10.6. The maximum Gasteiger partial charge on any atom is 0.330 e. The molecule has 0 bridgehead atoms. The number of ether oxygens (including phenoxy) is 2. The molecule has 5 rings (SSSR count). The van der Waals surface area contributed by atoms with Crippen LogP contribution in [0.5, 0.6) is 0 Å². The smallest absolute Gasteiger partial charge is 0.330 e. The van der Waals surface area contributed by atoms with Gasteiger partial charge in [-0.05, 0) is 11.6 Å². The van der Waals surface area contributed by atoms with Gasteiger partial charge >= 0.3 is 5.69 Å². The predicted molar refractivity (Wildman–Crippen MR) is 147 cm³/mol. The van der Waals surface area contributed by atoms with Gasteiger partial charge in [-0.3, -0.25) is 23.9 Å². The maximum absolute atomic E-state index is 13.4. The zero-order valence-corrected chi connectivity index (χ0v) is 22.7. The number of nitrogens with one attached hydrogen (secondary N) is 4. The Morgan fingerprint density at radius 3 is 2.40 bits per heavy atom. The van der Waals surface area contributed by atoms with Crippen molar-refractivity contribution in [1.29, 1.82) is 0 Å². The lowest BCUT2D eigenvalue weighted by molar-refractivity contribution is -0.131. The zero-order valence-electron chi connectivity index (χ0n) is 22.7. The molecule has 16 nitrogen and oxygen atoms in total. The van der Waals surface area contributed by atoms with Gasteiger partial charge in [-0.25, -0.2) is 4.79 Å². The summed E-state index contributed by atoms with van der Waals surface area (Å²) in [5.74, 6) is -1.32. The first-order valence-corrected chi connectivity index (χ1v) is 13.6. The highest BCUT2D eigenvalue weighted by molar-refractivity contribution is 5.89. The molecule has 2 aliphatic rings. The summed E-state index contributed by atoms with van der Waals surface area (Å²) in [5.41, 5.74) is 0.0208. The van der Waals surface area contributed by atoms with Crippen LogP contribution < -0.4 is 21.9 Å². The molecule has 0 saturated carbocycles. The SMILES string of the molecule is O=C(C[C@@H]1O[C@@H](CO)[C@H](O)[C@H]1O)N[C@@H](Cc1c[nH]c2ccccc12)C(=O)NC[C@H]1O[C@@H](n2ccc(=O)[nH]c2=O)[C@H](O)[C@@H]1O. The van der Waals surface area contributed by atoms with Crippen molar-refractivity contribution in [3.8, 4) is 0 Å². The van der Waals surface area contributed by atoms with E-state index in [1.807, 2.05) is 29.2 Å². The summed E-state index contributed by atoms with van der Waals surface area (Å²) < 4.78 is 11.9. The summed E-state index contributed by atoms with van der Waals surface area (Å²) in [7, 11) is 0. The average molecular weight is 604 g/mol. The molecule has 232 valence electrons. The molecule has 0 unspecified atom stereocenters. The highest BCUT2D eigenvalue weighted by atomic mass is 16.6. The third-order valence-electron chi connectivity index (χ3n) is 7.72. The fraction of sp³-hybridized carbons (Fsp3) is 0.481. The van der Waals surface area contributed by atoms with Crippen LogP contribution in [0, 0.1) is 0 Å². The van der Waals surface area contributed by atoms with Gasteiger partial charge in [-0.15, -0.1) is 0 Å². The average Bonchev–Trinajstić information content (AvgIpc) is 3.61. The molecule has 0 spiro atoms. The van der Waals surface area contributed by atoms with E-state index in [0.29, 0.717) is 5.56 Å². The van der Waals surface area contributed by atoms with Gasteiger partial charge in [0.2, 0.25) is 11.8 Å². The first-order valence-electron chi connectivity index (χ1n) is 13.6. The van der Waals surface area contributed by atoms with Crippen LogP contribution in [0.1, 0.15) is 18.2 Å². The number of aliphatic hydroxyl groups is 5. The molecule has 4 heterocycles. The van der Waals surface area contributed by atoms with E-state index in [-0.39, 0.29) is 13.0 Å². The van der Waals surface area contributed by atoms with Crippen molar-refractivity contribution in [3.63, 3.8) is 0 Å². The van der Waals surface area contributed by atoms with E-state index in [1.165, 1.54) is 0 Å². The fourth-order valence-electron chi connectivity index (χ4n) is 5.39. The van der Waals surface area contributed by atoms with Crippen LogP contribution in [-0.2, 0) is 25.5 Å². The van der Waals surface area contributed by atoms with Crippen LogP contribution in [0.3, 0.4) is 0 Å². The Morgan fingerprint density at radius 1 is 0.953 bits per heavy atom. The largest absolute Gasteiger partial charge is 0.394 e. The number of carbonyl (C=O) groups is 2. The number of aromatic nitrogens is 3. The van der Waals surface area contributed by atoms with E-state index in [4.69, 9.17) is 9.47 Å². The minimum absolute atomic E-state index is 0.0453. The molecule has 2 fully saturated rings. The van der Waals surface area contributed by atoms with Crippen LogP contribution >= 0.6 is 0 Å². The summed E-state index contributed by atoms with van der Waals surface area (Å²) in [5, 5.41) is 56.6.